The van der Waals surface area contributed by atoms with Crippen LogP contribution in [0.15, 0.2) is 53.0 Å². The van der Waals surface area contributed by atoms with Gasteiger partial charge < -0.3 is 0 Å². The number of rotatable bonds is 2. The molecule has 19 heavy (non-hydrogen) atoms. The summed E-state index contributed by atoms with van der Waals surface area (Å²) in [6.45, 7) is 0. The molecule has 0 amide bonds. The predicted molar refractivity (Wildman–Crippen MR) is 73.3 cm³/mol. The summed E-state index contributed by atoms with van der Waals surface area (Å²) in [5.74, 6) is 0. The van der Waals surface area contributed by atoms with E-state index in [4.69, 9.17) is 11.6 Å². The second kappa shape index (κ2) is 5.55. The van der Waals surface area contributed by atoms with Gasteiger partial charge in [0.05, 0.1) is 10.9 Å². The van der Waals surface area contributed by atoms with E-state index in [0.717, 1.165) is 10.5 Å². The fourth-order valence-corrected chi connectivity index (χ4v) is 2.39. The molecule has 0 spiro atoms. The maximum absolute atomic E-state index is 12.9. The van der Waals surface area contributed by atoms with E-state index in [1.54, 1.807) is 30.3 Å². The summed E-state index contributed by atoms with van der Waals surface area (Å²) in [6, 6.07) is 12.3. The molecular formula is C14H9BrClF3. The Hall–Kier alpha value is -1.00. The fraction of sp³-hybridized carbons (Fsp3) is 0.143. The van der Waals surface area contributed by atoms with E-state index in [1.807, 2.05) is 0 Å². The van der Waals surface area contributed by atoms with Gasteiger partial charge in [0.15, 0.2) is 0 Å². The van der Waals surface area contributed by atoms with E-state index in [9.17, 15) is 13.2 Å². The molecule has 0 aliphatic rings. The average Bonchev–Trinajstić information content (AvgIpc) is 2.38. The molecule has 2 rings (SSSR count). The molecule has 0 aliphatic heterocycles. The van der Waals surface area contributed by atoms with Gasteiger partial charge in [0, 0.05) is 4.47 Å². The van der Waals surface area contributed by atoms with Gasteiger partial charge in [-0.05, 0) is 29.3 Å². The van der Waals surface area contributed by atoms with E-state index >= 15 is 0 Å². The summed E-state index contributed by atoms with van der Waals surface area (Å²) >= 11 is 9.45. The van der Waals surface area contributed by atoms with Gasteiger partial charge in [0.2, 0.25) is 0 Å². The molecule has 1 atom stereocenters. The third-order valence-electron chi connectivity index (χ3n) is 2.70. The summed E-state index contributed by atoms with van der Waals surface area (Å²) in [5.41, 5.74) is -0.00141. The highest BCUT2D eigenvalue weighted by molar-refractivity contribution is 9.10. The second-order valence-corrected chi connectivity index (χ2v) is 5.35. The Morgan fingerprint density at radius 3 is 2.11 bits per heavy atom. The highest BCUT2D eigenvalue weighted by atomic mass is 79.9. The predicted octanol–water partition coefficient (Wildman–Crippen LogP) is 5.80. The molecule has 0 saturated carbocycles. The van der Waals surface area contributed by atoms with Gasteiger partial charge in [-0.3, -0.25) is 0 Å². The molecule has 0 heterocycles. The lowest BCUT2D eigenvalue weighted by Gasteiger charge is -2.17. The average molecular weight is 350 g/mol. The number of benzene rings is 2. The lowest BCUT2D eigenvalue weighted by molar-refractivity contribution is -0.138. The molecule has 0 aliphatic carbocycles. The van der Waals surface area contributed by atoms with Crippen LogP contribution in [0.5, 0.6) is 0 Å². The summed E-state index contributed by atoms with van der Waals surface area (Å²) in [6.07, 6.45) is -4.40. The second-order valence-electron chi connectivity index (χ2n) is 4.00. The zero-order chi connectivity index (χ0) is 14.0. The molecule has 1 unspecified atom stereocenters. The molecule has 0 nitrogen and oxygen atoms in total. The maximum atomic E-state index is 12.9. The zero-order valence-electron chi connectivity index (χ0n) is 9.59. The van der Waals surface area contributed by atoms with Crippen LogP contribution in [0, 0.1) is 0 Å². The van der Waals surface area contributed by atoms with Crippen molar-refractivity contribution in [3.05, 3.63) is 69.7 Å². The lowest BCUT2D eigenvalue weighted by atomic mass is 9.99. The number of hydrogen-bond acceptors (Lipinski definition) is 0. The van der Waals surface area contributed by atoms with Crippen LogP contribution in [0.4, 0.5) is 13.2 Å². The minimum absolute atomic E-state index is 0.0685. The first-order valence-corrected chi connectivity index (χ1v) is 6.68. The molecule has 2 aromatic carbocycles. The highest BCUT2D eigenvalue weighted by Crippen LogP contribution is 2.39. The lowest BCUT2D eigenvalue weighted by Crippen LogP contribution is -2.10. The Morgan fingerprint density at radius 2 is 1.53 bits per heavy atom. The van der Waals surface area contributed by atoms with Crippen molar-refractivity contribution < 1.29 is 13.2 Å². The minimum Gasteiger partial charge on any atom is -0.166 e. The number of hydrogen-bond donors (Lipinski definition) is 0. The smallest absolute Gasteiger partial charge is 0.166 e. The molecule has 0 aromatic heterocycles. The topological polar surface area (TPSA) is 0 Å². The van der Waals surface area contributed by atoms with Crippen molar-refractivity contribution in [2.75, 3.05) is 0 Å². The Balaban J connectivity index is 2.44. The van der Waals surface area contributed by atoms with Gasteiger partial charge in [0.1, 0.15) is 0 Å². The Bertz CT molecular complexity index is 564. The van der Waals surface area contributed by atoms with Gasteiger partial charge in [-0.2, -0.15) is 13.2 Å². The molecule has 0 saturated heterocycles. The molecule has 5 heteroatoms. The van der Waals surface area contributed by atoms with E-state index in [0.29, 0.717) is 5.56 Å². The SMILES string of the molecule is FC(F)(F)c1ccccc1C(Cl)c1ccc(Br)cc1. The summed E-state index contributed by atoms with van der Waals surface area (Å²) in [5, 5.41) is -0.828. The van der Waals surface area contributed by atoms with Crippen LogP contribution in [-0.4, -0.2) is 0 Å². The Morgan fingerprint density at radius 1 is 0.947 bits per heavy atom. The molecule has 0 fully saturated rings. The molecule has 100 valence electrons. The van der Waals surface area contributed by atoms with Gasteiger partial charge >= 0.3 is 6.18 Å². The first kappa shape index (κ1) is 14.4. The molecular weight excluding hydrogens is 341 g/mol. The zero-order valence-corrected chi connectivity index (χ0v) is 11.9. The summed E-state index contributed by atoms with van der Waals surface area (Å²) in [7, 11) is 0. The van der Waals surface area contributed by atoms with Crippen LogP contribution in [0.1, 0.15) is 22.1 Å². The third-order valence-corrected chi connectivity index (χ3v) is 3.72. The first-order valence-electron chi connectivity index (χ1n) is 5.45. The Labute approximate surface area is 122 Å². The normalized spacial score (nSPS) is 13.3. The summed E-state index contributed by atoms with van der Waals surface area (Å²) < 4.78 is 39.6. The van der Waals surface area contributed by atoms with Crippen molar-refractivity contribution in [2.24, 2.45) is 0 Å². The van der Waals surface area contributed by atoms with Crippen LogP contribution >= 0.6 is 27.5 Å². The van der Waals surface area contributed by atoms with Crippen LogP contribution in [0.25, 0.3) is 0 Å². The van der Waals surface area contributed by atoms with Gasteiger partial charge in [0.25, 0.3) is 0 Å². The third kappa shape index (κ3) is 3.31. The van der Waals surface area contributed by atoms with Crippen molar-refractivity contribution in [2.45, 2.75) is 11.6 Å². The standard InChI is InChI=1S/C14H9BrClF3/c15-10-7-5-9(6-8-10)13(16)11-3-1-2-4-12(11)14(17,18)19/h1-8,13H. The van der Waals surface area contributed by atoms with Gasteiger partial charge in [-0.25, -0.2) is 0 Å². The van der Waals surface area contributed by atoms with Crippen molar-refractivity contribution in [3.63, 3.8) is 0 Å². The van der Waals surface area contributed by atoms with Gasteiger partial charge in [-0.15, -0.1) is 11.6 Å². The maximum Gasteiger partial charge on any atom is 0.416 e. The molecule has 0 radical (unpaired) electrons. The fourth-order valence-electron chi connectivity index (χ4n) is 1.79. The Kier molecular flexibility index (Phi) is 4.21. The van der Waals surface area contributed by atoms with Crippen molar-refractivity contribution in [1.29, 1.82) is 0 Å². The van der Waals surface area contributed by atoms with Crippen LogP contribution in [0.3, 0.4) is 0 Å². The largest absolute Gasteiger partial charge is 0.416 e. The minimum atomic E-state index is -4.40. The van der Waals surface area contributed by atoms with E-state index in [1.165, 1.54) is 12.1 Å². The number of halogens is 5. The molecule has 2 aromatic rings. The van der Waals surface area contributed by atoms with Crippen molar-refractivity contribution >= 4 is 27.5 Å². The number of alkyl halides is 4. The van der Waals surface area contributed by atoms with Crippen LogP contribution < -0.4 is 0 Å². The molecule has 0 N–H and O–H groups in total. The monoisotopic (exact) mass is 348 g/mol. The van der Waals surface area contributed by atoms with E-state index in [2.05, 4.69) is 15.9 Å². The quantitative estimate of drug-likeness (QED) is 0.601. The highest BCUT2D eigenvalue weighted by Gasteiger charge is 2.34. The van der Waals surface area contributed by atoms with Crippen molar-refractivity contribution in [3.8, 4) is 0 Å². The molecule has 0 bridgehead atoms. The first-order chi connectivity index (χ1) is 8.89. The summed E-state index contributed by atoms with van der Waals surface area (Å²) in [4.78, 5) is 0. The van der Waals surface area contributed by atoms with E-state index in [-0.39, 0.29) is 5.56 Å². The van der Waals surface area contributed by atoms with Crippen LogP contribution in [-0.2, 0) is 6.18 Å². The van der Waals surface area contributed by atoms with Crippen LogP contribution in [0.2, 0.25) is 0 Å². The van der Waals surface area contributed by atoms with Gasteiger partial charge in [-0.1, -0.05) is 46.3 Å². The van der Waals surface area contributed by atoms with Crippen molar-refractivity contribution in [1.82, 2.24) is 0 Å². The van der Waals surface area contributed by atoms with E-state index < -0.39 is 17.1 Å².